The van der Waals surface area contributed by atoms with Crippen LogP contribution in [0, 0.1) is 5.41 Å². The number of carbonyl (C=O) groups excluding carboxylic acids is 1. The second kappa shape index (κ2) is 8.45. The van der Waals surface area contributed by atoms with Gasteiger partial charge in [0.05, 0.1) is 13.2 Å². The smallest absolute Gasteiger partial charge is 0.233 e. The summed E-state index contributed by atoms with van der Waals surface area (Å²) in [5, 5.41) is 6.05. The van der Waals surface area contributed by atoms with Gasteiger partial charge in [-0.2, -0.15) is 0 Å². The normalized spacial score (nSPS) is 17.2. The Bertz CT molecular complexity index is 242. The summed E-state index contributed by atoms with van der Waals surface area (Å²) in [6.07, 6.45) is 4.72. The summed E-state index contributed by atoms with van der Waals surface area (Å²) in [6, 6.07) is 0. The Kier molecular flexibility index (Phi) is 7.23. The molecule has 0 aliphatic heterocycles. The first-order chi connectivity index (χ1) is 8.72. The highest BCUT2D eigenvalue weighted by atomic mass is 16.5. The second-order valence-electron chi connectivity index (χ2n) is 5.04. The predicted octanol–water partition coefficient (Wildman–Crippen LogP) is 0.545. The van der Waals surface area contributed by atoms with E-state index < -0.39 is 0 Å². The van der Waals surface area contributed by atoms with Crippen molar-refractivity contribution in [3.8, 4) is 0 Å². The van der Waals surface area contributed by atoms with Gasteiger partial charge >= 0.3 is 0 Å². The van der Waals surface area contributed by atoms with Crippen molar-refractivity contribution in [1.82, 2.24) is 10.6 Å². The molecule has 18 heavy (non-hydrogen) atoms. The third-order valence-electron chi connectivity index (χ3n) is 3.68. The van der Waals surface area contributed by atoms with Gasteiger partial charge in [-0.3, -0.25) is 4.79 Å². The minimum absolute atomic E-state index is 0.0646. The molecular weight excluding hydrogens is 232 g/mol. The number of nitrogens with one attached hydrogen (secondary N) is 2. The Morgan fingerprint density at radius 1 is 1.22 bits per heavy atom. The number of rotatable bonds is 10. The average Bonchev–Trinajstić information content (AvgIpc) is 2.33. The maximum atomic E-state index is 11.6. The van der Waals surface area contributed by atoms with Crippen molar-refractivity contribution in [3.05, 3.63) is 0 Å². The van der Waals surface area contributed by atoms with E-state index in [1.807, 2.05) is 0 Å². The van der Waals surface area contributed by atoms with Gasteiger partial charge < -0.3 is 20.1 Å². The molecule has 1 rings (SSSR count). The Hall–Kier alpha value is -0.650. The first-order valence-corrected chi connectivity index (χ1v) is 6.68. The standard InChI is InChI=1S/C13H26N2O3/c1-17-8-6-13(4-3-5-13)11-15-12(16)10-14-7-9-18-2/h14H,3-11H2,1-2H3,(H,15,16). The van der Waals surface area contributed by atoms with Crippen LogP contribution in [0.3, 0.4) is 0 Å². The highest BCUT2D eigenvalue weighted by Gasteiger charge is 2.36. The first kappa shape index (κ1) is 15.4. The van der Waals surface area contributed by atoms with Gasteiger partial charge in [-0.25, -0.2) is 0 Å². The molecule has 0 radical (unpaired) electrons. The van der Waals surface area contributed by atoms with Gasteiger partial charge in [0.15, 0.2) is 0 Å². The lowest BCUT2D eigenvalue weighted by atomic mass is 9.67. The summed E-state index contributed by atoms with van der Waals surface area (Å²) in [6.45, 7) is 3.26. The van der Waals surface area contributed by atoms with E-state index in [1.165, 1.54) is 19.3 Å². The molecule has 0 aromatic heterocycles. The minimum atomic E-state index is 0.0646. The van der Waals surface area contributed by atoms with E-state index in [0.717, 1.165) is 19.6 Å². The second-order valence-corrected chi connectivity index (χ2v) is 5.04. The molecule has 0 unspecified atom stereocenters. The molecule has 0 aromatic carbocycles. The highest BCUT2D eigenvalue weighted by molar-refractivity contribution is 5.78. The number of hydrogen-bond donors (Lipinski definition) is 2. The molecule has 1 fully saturated rings. The number of methoxy groups -OCH3 is 2. The van der Waals surface area contributed by atoms with E-state index >= 15 is 0 Å². The predicted molar refractivity (Wildman–Crippen MR) is 70.5 cm³/mol. The maximum Gasteiger partial charge on any atom is 0.233 e. The Labute approximate surface area is 110 Å². The summed E-state index contributed by atoms with van der Waals surface area (Å²) < 4.78 is 10.0. The first-order valence-electron chi connectivity index (χ1n) is 6.68. The van der Waals surface area contributed by atoms with Crippen LogP contribution in [0.4, 0.5) is 0 Å². The van der Waals surface area contributed by atoms with Crippen LogP contribution in [-0.4, -0.2) is 53.0 Å². The zero-order chi connectivity index (χ0) is 13.3. The molecular formula is C13H26N2O3. The van der Waals surface area contributed by atoms with Gasteiger partial charge in [0, 0.05) is 33.9 Å². The Morgan fingerprint density at radius 2 is 1.94 bits per heavy atom. The molecule has 0 spiro atoms. The summed E-state index contributed by atoms with van der Waals surface area (Å²) in [7, 11) is 3.38. The van der Waals surface area contributed by atoms with Gasteiger partial charge in [0.25, 0.3) is 0 Å². The van der Waals surface area contributed by atoms with E-state index in [0.29, 0.717) is 19.7 Å². The van der Waals surface area contributed by atoms with Gasteiger partial charge in [-0.15, -0.1) is 0 Å². The highest BCUT2D eigenvalue weighted by Crippen LogP contribution is 2.43. The van der Waals surface area contributed by atoms with Crippen LogP contribution in [-0.2, 0) is 14.3 Å². The van der Waals surface area contributed by atoms with Crippen LogP contribution in [0.15, 0.2) is 0 Å². The zero-order valence-corrected chi connectivity index (χ0v) is 11.6. The van der Waals surface area contributed by atoms with Crippen molar-refractivity contribution in [2.45, 2.75) is 25.7 Å². The van der Waals surface area contributed by atoms with Crippen LogP contribution < -0.4 is 10.6 Å². The van der Waals surface area contributed by atoms with Crippen molar-refractivity contribution in [1.29, 1.82) is 0 Å². The lowest BCUT2D eigenvalue weighted by Gasteiger charge is -2.42. The van der Waals surface area contributed by atoms with Crippen LogP contribution in [0.5, 0.6) is 0 Å². The number of hydrogen-bond acceptors (Lipinski definition) is 4. The molecule has 1 aliphatic rings. The molecule has 0 atom stereocenters. The number of ether oxygens (including phenoxy) is 2. The third-order valence-corrected chi connectivity index (χ3v) is 3.68. The fraction of sp³-hybridized carbons (Fsp3) is 0.923. The SMILES string of the molecule is COCCNCC(=O)NCC1(CCOC)CCC1. The van der Waals surface area contributed by atoms with Gasteiger partial charge in [0.1, 0.15) is 0 Å². The maximum absolute atomic E-state index is 11.6. The summed E-state index contributed by atoms with van der Waals surface area (Å²) in [4.78, 5) is 11.6. The van der Waals surface area contributed by atoms with Crippen molar-refractivity contribution in [2.75, 3.05) is 47.1 Å². The number of amides is 1. The molecule has 0 saturated heterocycles. The van der Waals surface area contributed by atoms with Crippen LogP contribution in [0.1, 0.15) is 25.7 Å². The largest absolute Gasteiger partial charge is 0.385 e. The van der Waals surface area contributed by atoms with Crippen molar-refractivity contribution < 1.29 is 14.3 Å². The molecule has 5 heteroatoms. The molecule has 1 saturated carbocycles. The lowest BCUT2D eigenvalue weighted by Crippen LogP contribution is -2.45. The van der Waals surface area contributed by atoms with Crippen LogP contribution in [0.25, 0.3) is 0 Å². The molecule has 106 valence electrons. The van der Waals surface area contributed by atoms with Gasteiger partial charge in [-0.05, 0) is 24.7 Å². The Balaban J connectivity index is 2.12. The molecule has 1 amide bonds. The molecule has 0 bridgehead atoms. The fourth-order valence-corrected chi connectivity index (χ4v) is 2.24. The van der Waals surface area contributed by atoms with Gasteiger partial charge in [-0.1, -0.05) is 6.42 Å². The van der Waals surface area contributed by atoms with Gasteiger partial charge in [0.2, 0.25) is 5.91 Å². The zero-order valence-electron chi connectivity index (χ0n) is 11.6. The Morgan fingerprint density at radius 3 is 2.50 bits per heavy atom. The third kappa shape index (κ3) is 5.33. The van der Waals surface area contributed by atoms with Crippen LogP contribution >= 0.6 is 0 Å². The quantitative estimate of drug-likeness (QED) is 0.562. The van der Waals surface area contributed by atoms with E-state index in [-0.39, 0.29) is 11.3 Å². The molecule has 0 aromatic rings. The van der Waals surface area contributed by atoms with Crippen molar-refractivity contribution in [3.63, 3.8) is 0 Å². The topological polar surface area (TPSA) is 59.6 Å². The van der Waals surface area contributed by atoms with Crippen molar-refractivity contribution in [2.24, 2.45) is 5.41 Å². The van der Waals surface area contributed by atoms with E-state index in [1.54, 1.807) is 14.2 Å². The molecule has 5 nitrogen and oxygen atoms in total. The fourth-order valence-electron chi connectivity index (χ4n) is 2.24. The minimum Gasteiger partial charge on any atom is -0.385 e. The summed E-state index contributed by atoms with van der Waals surface area (Å²) in [5.41, 5.74) is 0.290. The summed E-state index contributed by atoms with van der Waals surface area (Å²) in [5.74, 6) is 0.0646. The molecule has 2 N–H and O–H groups in total. The monoisotopic (exact) mass is 258 g/mol. The average molecular weight is 258 g/mol. The van der Waals surface area contributed by atoms with E-state index in [4.69, 9.17) is 9.47 Å². The lowest BCUT2D eigenvalue weighted by molar-refractivity contribution is -0.121. The van der Waals surface area contributed by atoms with Crippen molar-refractivity contribution >= 4 is 5.91 Å². The molecule has 1 aliphatic carbocycles. The summed E-state index contributed by atoms with van der Waals surface area (Å²) >= 11 is 0. The van der Waals surface area contributed by atoms with Crippen LogP contribution in [0.2, 0.25) is 0 Å². The number of carbonyl (C=O) groups is 1. The van der Waals surface area contributed by atoms with E-state index in [2.05, 4.69) is 10.6 Å². The van der Waals surface area contributed by atoms with E-state index in [9.17, 15) is 4.79 Å². The molecule has 0 heterocycles.